The van der Waals surface area contributed by atoms with Gasteiger partial charge in [-0.15, -0.1) is 23.1 Å². The molecule has 4 aromatic carbocycles. The summed E-state index contributed by atoms with van der Waals surface area (Å²) in [7, 11) is 1.22. The van der Waals surface area contributed by atoms with Crippen LogP contribution in [0.4, 0.5) is 22.1 Å². The first-order valence-corrected chi connectivity index (χ1v) is 18.5. The lowest BCUT2D eigenvalue weighted by atomic mass is 10.1. The first-order valence-electron chi connectivity index (χ1n) is 16.8. The zero-order valence-electron chi connectivity index (χ0n) is 29.8. The number of amides is 4. The Morgan fingerprint density at radius 1 is 0.836 bits per heavy atom. The van der Waals surface area contributed by atoms with E-state index in [9.17, 15) is 34.1 Å². The number of thioether (sulfide) groups is 1. The van der Waals surface area contributed by atoms with Crippen LogP contribution in [0.15, 0.2) is 120 Å². The molecule has 0 bridgehead atoms. The van der Waals surface area contributed by atoms with E-state index in [1.165, 1.54) is 49.2 Å². The molecule has 4 amide bonds. The van der Waals surface area contributed by atoms with Gasteiger partial charge in [0.2, 0.25) is 5.91 Å². The van der Waals surface area contributed by atoms with Gasteiger partial charge in [0.05, 0.1) is 27.7 Å². The van der Waals surface area contributed by atoms with Crippen LogP contribution >= 0.6 is 23.1 Å². The standard InChI is InChI=1S/C40H35N5O8S2/c1-4-32(37(48)44-39-33(40(50)53-3)24(2)34(55-39)38(49)41-27-14-9-6-10-15-27)54-30-17-11-16-28(23-30)42-36(47)31(43-35(46)26-12-7-5-8-13-26)22-25-18-20-29(21-19-25)45(51)52/h5-23,32H,4H2,1-3H3,(H,41,49)(H,42,47)(H,43,46)(H,44,48)/b31-22+. The molecule has 1 aromatic heterocycles. The van der Waals surface area contributed by atoms with Crippen molar-refractivity contribution >= 4 is 80.8 Å². The second-order valence-electron chi connectivity index (χ2n) is 11.8. The van der Waals surface area contributed by atoms with E-state index in [1.807, 2.05) is 13.0 Å². The number of thiophene rings is 1. The molecule has 0 saturated carbocycles. The van der Waals surface area contributed by atoms with Crippen molar-refractivity contribution in [2.24, 2.45) is 0 Å². The van der Waals surface area contributed by atoms with E-state index in [1.54, 1.807) is 85.8 Å². The molecule has 0 aliphatic carbocycles. The summed E-state index contributed by atoms with van der Waals surface area (Å²) in [5.74, 6) is -2.76. The van der Waals surface area contributed by atoms with Gasteiger partial charge in [-0.1, -0.05) is 49.4 Å². The number of nitro groups is 1. The summed E-state index contributed by atoms with van der Waals surface area (Å²) in [6.45, 7) is 3.44. The molecule has 0 spiro atoms. The molecule has 4 N–H and O–H groups in total. The zero-order chi connectivity index (χ0) is 39.5. The quantitative estimate of drug-likeness (QED) is 0.0286. The third-order valence-corrected chi connectivity index (χ3v) is 10.6. The molecule has 5 rings (SSSR count). The lowest BCUT2D eigenvalue weighted by Gasteiger charge is -2.16. The van der Waals surface area contributed by atoms with Crippen LogP contribution in [0, 0.1) is 17.0 Å². The Hall–Kier alpha value is -6.58. The minimum atomic E-state index is -0.700. The number of rotatable bonds is 14. The van der Waals surface area contributed by atoms with Gasteiger partial charge < -0.3 is 26.0 Å². The summed E-state index contributed by atoms with van der Waals surface area (Å²) in [4.78, 5) is 77.8. The zero-order valence-corrected chi connectivity index (χ0v) is 31.4. The van der Waals surface area contributed by atoms with Crippen LogP contribution < -0.4 is 21.3 Å². The number of non-ortho nitro benzene ring substituents is 1. The van der Waals surface area contributed by atoms with Crippen LogP contribution in [0.5, 0.6) is 0 Å². The largest absolute Gasteiger partial charge is 0.465 e. The predicted molar refractivity (Wildman–Crippen MR) is 213 cm³/mol. The van der Waals surface area contributed by atoms with Gasteiger partial charge in [0.1, 0.15) is 10.7 Å². The Morgan fingerprint density at radius 2 is 1.49 bits per heavy atom. The minimum Gasteiger partial charge on any atom is -0.465 e. The summed E-state index contributed by atoms with van der Waals surface area (Å²) in [5, 5.41) is 21.7. The molecule has 0 fully saturated rings. The smallest absolute Gasteiger partial charge is 0.341 e. The molecule has 0 aliphatic rings. The van der Waals surface area contributed by atoms with Gasteiger partial charge in [-0.05, 0) is 85.1 Å². The third-order valence-electron chi connectivity index (χ3n) is 7.99. The SMILES string of the molecule is CCC(Sc1cccc(NC(=O)/C(=C\c2ccc([N+](=O)[O-])cc2)NC(=O)c2ccccc2)c1)C(=O)Nc1sc(C(=O)Nc2ccccc2)c(C)c1C(=O)OC. The van der Waals surface area contributed by atoms with E-state index >= 15 is 0 Å². The number of carbonyl (C=O) groups is 5. The van der Waals surface area contributed by atoms with Gasteiger partial charge in [0.15, 0.2) is 0 Å². The molecular formula is C40H35N5O8S2. The highest BCUT2D eigenvalue weighted by molar-refractivity contribution is 8.00. The van der Waals surface area contributed by atoms with Crippen molar-refractivity contribution in [3.8, 4) is 0 Å². The highest BCUT2D eigenvalue weighted by Crippen LogP contribution is 2.36. The first-order chi connectivity index (χ1) is 26.5. The van der Waals surface area contributed by atoms with Crippen molar-refractivity contribution in [3.63, 3.8) is 0 Å². The fourth-order valence-electron chi connectivity index (χ4n) is 5.20. The fraction of sp³-hybridized carbons (Fsp3) is 0.125. The van der Waals surface area contributed by atoms with E-state index in [0.29, 0.717) is 39.4 Å². The lowest BCUT2D eigenvalue weighted by molar-refractivity contribution is -0.384. The number of benzene rings is 4. The van der Waals surface area contributed by atoms with E-state index < -0.39 is 39.8 Å². The maximum atomic E-state index is 13.7. The van der Waals surface area contributed by atoms with Crippen LogP contribution in [-0.4, -0.2) is 46.9 Å². The number of nitrogens with one attached hydrogen (secondary N) is 4. The number of nitrogens with zero attached hydrogens (tertiary/aromatic N) is 1. The van der Waals surface area contributed by atoms with Crippen molar-refractivity contribution < 1.29 is 33.6 Å². The van der Waals surface area contributed by atoms with Crippen molar-refractivity contribution in [2.75, 3.05) is 23.1 Å². The van der Waals surface area contributed by atoms with Crippen molar-refractivity contribution in [1.29, 1.82) is 0 Å². The predicted octanol–water partition coefficient (Wildman–Crippen LogP) is 7.92. The van der Waals surface area contributed by atoms with Crippen LogP contribution in [0.1, 0.15) is 54.9 Å². The van der Waals surface area contributed by atoms with Crippen molar-refractivity contribution in [3.05, 3.63) is 152 Å². The van der Waals surface area contributed by atoms with Gasteiger partial charge in [0.25, 0.3) is 23.4 Å². The number of ether oxygens (including phenoxy) is 1. The molecule has 280 valence electrons. The maximum absolute atomic E-state index is 13.7. The van der Waals surface area contributed by atoms with Crippen molar-refractivity contribution in [1.82, 2.24) is 5.32 Å². The molecule has 55 heavy (non-hydrogen) atoms. The monoisotopic (exact) mass is 777 g/mol. The lowest BCUT2D eigenvalue weighted by Crippen LogP contribution is -2.30. The van der Waals surface area contributed by atoms with Crippen LogP contribution in [-0.2, 0) is 14.3 Å². The number of esters is 1. The van der Waals surface area contributed by atoms with Crippen molar-refractivity contribution in [2.45, 2.75) is 30.4 Å². The van der Waals surface area contributed by atoms with E-state index in [2.05, 4.69) is 21.3 Å². The molecule has 15 heteroatoms. The normalized spacial score (nSPS) is 11.5. The Bertz CT molecular complexity index is 2260. The van der Waals surface area contributed by atoms with Crippen LogP contribution in [0.2, 0.25) is 0 Å². The Balaban J connectivity index is 1.33. The van der Waals surface area contributed by atoms with Gasteiger partial charge in [-0.3, -0.25) is 29.3 Å². The Morgan fingerprint density at radius 3 is 2.13 bits per heavy atom. The third kappa shape index (κ3) is 10.3. The summed E-state index contributed by atoms with van der Waals surface area (Å²) < 4.78 is 4.98. The van der Waals surface area contributed by atoms with Crippen LogP contribution in [0.3, 0.4) is 0 Å². The highest BCUT2D eigenvalue weighted by atomic mass is 32.2. The summed E-state index contributed by atoms with van der Waals surface area (Å²) in [5.41, 5.74) is 1.89. The van der Waals surface area contributed by atoms with E-state index in [-0.39, 0.29) is 26.8 Å². The second-order valence-corrected chi connectivity index (χ2v) is 14.1. The maximum Gasteiger partial charge on any atom is 0.341 e. The number of carbonyl (C=O) groups excluding carboxylic acids is 5. The van der Waals surface area contributed by atoms with Gasteiger partial charge in [-0.2, -0.15) is 0 Å². The number of nitro benzene ring substituents is 1. The topological polar surface area (TPSA) is 186 Å². The average Bonchev–Trinajstić information content (AvgIpc) is 3.52. The number of methoxy groups -OCH3 is 1. The summed E-state index contributed by atoms with van der Waals surface area (Å²) in [6, 6.07) is 29.4. The number of hydrogen-bond donors (Lipinski definition) is 4. The summed E-state index contributed by atoms with van der Waals surface area (Å²) in [6.07, 6.45) is 1.79. The van der Waals surface area contributed by atoms with Gasteiger partial charge in [-0.25, -0.2) is 4.79 Å². The number of anilines is 3. The minimum absolute atomic E-state index is 0.0839. The first kappa shape index (κ1) is 39.6. The molecule has 0 radical (unpaired) electrons. The second kappa shape index (κ2) is 18.4. The van der Waals surface area contributed by atoms with Crippen LogP contribution in [0.25, 0.3) is 6.08 Å². The molecular weight excluding hydrogens is 743 g/mol. The molecule has 0 aliphatic heterocycles. The summed E-state index contributed by atoms with van der Waals surface area (Å²) >= 11 is 2.20. The molecule has 1 heterocycles. The molecule has 13 nitrogen and oxygen atoms in total. The molecule has 0 saturated heterocycles. The van der Waals surface area contributed by atoms with Gasteiger partial charge >= 0.3 is 5.97 Å². The Kier molecular flexibility index (Phi) is 13.3. The number of para-hydroxylation sites is 1. The molecule has 1 atom stereocenters. The highest BCUT2D eigenvalue weighted by Gasteiger charge is 2.28. The molecule has 5 aromatic rings. The number of hydrogen-bond acceptors (Lipinski definition) is 10. The molecule has 1 unspecified atom stereocenters. The Labute approximate surface area is 324 Å². The van der Waals surface area contributed by atoms with E-state index in [0.717, 1.165) is 11.3 Å². The average molecular weight is 778 g/mol. The fourth-order valence-corrected chi connectivity index (χ4v) is 7.31. The van der Waals surface area contributed by atoms with E-state index in [4.69, 9.17) is 4.74 Å². The van der Waals surface area contributed by atoms with Gasteiger partial charge in [0, 0.05) is 34.0 Å².